The highest BCUT2D eigenvalue weighted by Gasteiger charge is 2.18. The van der Waals surface area contributed by atoms with Gasteiger partial charge in [0, 0.05) is 23.7 Å². The predicted octanol–water partition coefficient (Wildman–Crippen LogP) is 3.26. The fourth-order valence-electron chi connectivity index (χ4n) is 1.10. The predicted molar refractivity (Wildman–Crippen MR) is 72.6 cm³/mol. The first-order valence-electron chi connectivity index (χ1n) is 5.14. The molecule has 0 aliphatic carbocycles. The molecule has 0 atom stereocenters. The van der Waals surface area contributed by atoms with E-state index in [0.29, 0.717) is 17.1 Å². The summed E-state index contributed by atoms with van der Waals surface area (Å²) in [6.45, 7) is 4.25. The van der Waals surface area contributed by atoms with Gasteiger partial charge < -0.3 is 10.1 Å². The van der Waals surface area contributed by atoms with Gasteiger partial charge in [0.2, 0.25) is 0 Å². The van der Waals surface area contributed by atoms with Crippen molar-refractivity contribution in [2.45, 2.75) is 19.4 Å². The summed E-state index contributed by atoms with van der Waals surface area (Å²) in [6, 6.07) is 5.09. The van der Waals surface area contributed by atoms with Crippen LogP contribution in [0.2, 0.25) is 5.02 Å². The molecule has 0 fully saturated rings. The second kappa shape index (κ2) is 5.85. The zero-order chi connectivity index (χ0) is 13.1. The van der Waals surface area contributed by atoms with E-state index in [2.05, 4.69) is 21.2 Å². The van der Waals surface area contributed by atoms with E-state index in [0.717, 1.165) is 4.47 Å². The van der Waals surface area contributed by atoms with Gasteiger partial charge in [-0.15, -0.1) is 0 Å². The van der Waals surface area contributed by atoms with Crippen LogP contribution in [0.25, 0.3) is 0 Å². The number of benzene rings is 1. The van der Waals surface area contributed by atoms with Gasteiger partial charge in [-0.25, -0.2) is 0 Å². The molecular weight excluding hydrogens is 305 g/mol. The number of carbonyl (C=O) groups excluding carboxylic acids is 1. The molecule has 0 heterocycles. The molecule has 94 valence electrons. The van der Waals surface area contributed by atoms with E-state index in [1.165, 1.54) is 0 Å². The lowest BCUT2D eigenvalue weighted by Gasteiger charge is -2.23. The van der Waals surface area contributed by atoms with Crippen LogP contribution in [0.1, 0.15) is 24.2 Å². The number of methoxy groups -OCH3 is 1. The molecule has 0 aliphatic rings. The average molecular weight is 321 g/mol. The molecule has 0 unspecified atom stereocenters. The van der Waals surface area contributed by atoms with Crippen molar-refractivity contribution >= 4 is 33.4 Å². The smallest absolute Gasteiger partial charge is 0.251 e. The molecular formula is C12H15BrClNO2. The van der Waals surface area contributed by atoms with E-state index in [1.54, 1.807) is 25.3 Å². The molecule has 0 saturated carbocycles. The lowest BCUT2D eigenvalue weighted by Crippen LogP contribution is -2.39. The van der Waals surface area contributed by atoms with Gasteiger partial charge in [0.05, 0.1) is 10.6 Å². The maximum Gasteiger partial charge on any atom is 0.251 e. The minimum absolute atomic E-state index is 0.162. The first-order chi connectivity index (χ1) is 7.85. The quantitative estimate of drug-likeness (QED) is 0.925. The average Bonchev–Trinajstić information content (AvgIpc) is 2.30. The van der Waals surface area contributed by atoms with Crippen LogP contribution in [0.4, 0.5) is 0 Å². The third-order valence-electron chi connectivity index (χ3n) is 2.41. The summed E-state index contributed by atoms with van der Waals surface area (Å²) in [6.07, 6.45) is 0. The minimum atomic E-state index is -0.380. The Bertz CT molecular complexity index is 421. The van der Waals surface area contributed by atoms with E-state index in [4.69, 9.17) is 16.3 Å². The van der Waals surface area contributed by atoms with Crippen LogP contribution in [0.3, 0.4) is 0 Å². The second-order valence-corrected chi connectivity index (χ2v) is 5.54. The van der Waals surface area contributed by atoms with Crippen molar-refractivity contribution in [1.82, 2.24) is 5.32 Å². The topological polar surface area (TPSA) is 38.3 Å². The van der Waals surface area contributed by atoms with Gasteiger partial charge in [-0.1, -0.05) is 11.6 Å². The fraction of sp³-hybridized carbons (Fsp3) is 0.417. The first-order valence-corrected chi connectivity index (χ1v) is 6.31. The van der Waals surface area contributed by atoms with E-state index < -0.39 is 0 Å². The Morgan fingerprint density at radius 2 is 2.18 bits per heavy atom. The Morgan fingerprint density at radius 1 is 1.53 bits per heavy atom. The van der Waals surface area contributed by atoms with Gasteiger partial charge in [-0.3, -0.25) is 4.79 Å². The van der Waals surface area contributed by atoms with Crippen LogP contribution >= 0.6 is 27.5 Å². The van der Waals surface area contributed by atoms with Crippen molar-refractivity contribution in [1.29, 1.82) is 0 Å². The first kappa shape index (κ1) is 14.5. The summed E-state index contributed by atoms with van der Waals surface area (Å²) in [4.78, 5) is 11.8. The van der Waals surface area contributed by atoms with E-state index in [1.807, 2.05) is 13.8 Å². The Hall–Kier alpha value is -0.580. The Kier molecular flexibility index (Phi) is 4.98. The maximum atomic E-state index is 11.8. The van der Waals surface area contributed by atoms with Gasteiger partial charge in [0.15, 0.2) is 0 Å². The summed E-state index contributed by atoms with van der Waals surface area (Å²) >= 11 is 9.20. The zero-order valence-electron chi connectivity index (χ0n) is 10.0. The maximum absolute atomic E-state index is 11.8. The lowest BCUT2D eigenvalue weighted by atomic mass is 10.1. The molecule has 0 spiro atoms. The van der Waals surface area contributed by atoms with Crippen molar-refractivity contribution in [3.8, 4) is 0 Å². The molecule has 1 amide bonds. The van der Waals surface area contributed by atoms with Gasteiger partial charge in [-0.2, -0.15) is 0 Å². The summed E-state index contributed by atoms with van der Waals surface area (Å²) < 4.78 is 5.99. The van der Waals surface area contributed by atoms with Gasteiger partial charge in [-0.05, 0) is 48.0 Å². The fourth-order valence-corrected chi connectivity index (χ4v) is 1.53. The van der Waals surface area contributed by atoms with Crippen molar-refractivity contribution in [3.63, 3.8) is 0 Å². The molecule has 0 aromatic heterocycles. The van der Waals surface area contributed by atoms with Crippen molar-refractivity contribution < 1.29 is 9.53 Å². The Labute approximate surface area is 115 Å². The second-order valence-electron chi connectivity index (χ2n) is 4.28. The number of nitrogens with one attached hydrogen (secondary N) is 1. The molecule has 0 bridgehead atoms. The Balaban J connectivity index is 2.68. The number of carbonyl (C=O) groups is 1. The Morgan fingerprint density at radius 3 is 2.71 bits per heavy atom. The summed E-state index contributed by atoms with van der Waals surface area (Å²) in [5, 5.41) is 3.32. The van der Waals surface area contributed by atoms with E-state index >= 15 is 0 Å². The number of halogens is 2. The third kappa shape index (κ3) is 4.30. The highest BCUT2D eigenvalue weighted by atomic mass is 79.9. The van der Waals surface area contributed by atoms with Crippen molar-refractivity contribution in [2.75, 3.05) is 13.7 Å². The van der Waals surface area contributed by atoms with Crippen LogP contribution in [-0.4, -0.2) is 25.2 Å². The molecule has 1 rings (SSSR count). The monoisotopic (exact) mass is 319 g/mol. The highest BCUT2D eigenvalue weighted by Crippen LogP contribution is 2.23. The van der Waals surface area contributed by atoms with Crippen LogP contribution in [0.5, 0.6) is 0 Å². The SMILES string of the molecule is COC(C)(C)CNC(=O)c1ccc(Br)c(Cl)c1. The molecule has 17 heavy (non-hydrogen) atoms. The van der Waals surface area contributed by atoms with Gasteiger partial charge in [0.25, 0.3) is 5.91 Å². The lowest BCUT2D eigenvalue weighted by molar-refractivity contribution is 0.0229. The molecule has 1 aromatic rings. The van der Waals surface area contributed by atoms with Gasteiger partial charge in [0.1, 0.15) is 0 Å². The normalized spacial score (nSPS) is 11.4. The van der Waals surface area contributed by atoms with Crippen molar-refractivity contribution in [2.24, 2.45) is 0 Å². The number of amides is 1. The number of ether oxygens (including phenoxy) is 1. The van der Waals surface area contributed by atoms with Crippen LogP contribution in [-0.2, 0) is 4.74 Å². The standard InChI is InChI=1S/C12H15BrClNO2/c1-12(2,17-3)7-15-11(16)8-4-5-9(13)10(14)6-8/h4-6H,7H2,1-3H3,(H,15,16). The van der Waals surface area contributed by atoms with Crippen LogP contribution in [0, 0.1) is 0 Å². The summed E-state index contributed by atoms with van der Waals surface area (Å²) in [5.41, 5.74) is 0.152. The van der Waals surface area contributed by atoms with Crippen LogP contribution < -0.4 is 5.32 Å². The third-order valence-corrected chi connectivity index (χ3v) is 3.64. The highest BCUT2D eigenvalue weighted by molar-refractivity contribution is 9.10. The minimum Gasteiger partial charge on any atom is -0.377 e. The summed E-state index contributed by atoms with van der Waals surface area (Å²) in [5.74, 6) is -0.162. The number of rotatable bonds is 4. The largest absolute Gasteiger partial charge is 0.377 e. The summed E-state index contributed by atoms with van der Waals surface area (Å²) in [7, 11) is 1.61. The molecule has 3 nitrogen and oxygen atoms in total. The number of hydrogen-bond acceptors (Lipinski definition) is 2. The van der Waals surface area contributed by atoms with Crippen LogP contribution in [0.15, 0.2) is 22.7 Å². The number of hydrogen-bond donors (Lipinski definition) is 1. The van der Waals surface area contributed by atoms with Crippen molar-refractivity contribution in [3.05, 3.63) is 33.3 Å². The van der Waals surface area contributed by atoms with E-state index in [9.17, 15) is 4.79 Å². The van der Waals surface area contributed by atoms with E-state index in [-0.39, 0.29) is 11.5 Å². The molecule has 0 saturated heterocycles. The zero-order valence-corrected chi connectivity index (χ0v) is 12.4. The molecule has 0 aliphatic heterocycles. The molecule has 0 radical (unpaired) electrons. The molecule has 1 N–H and O–H groups in total. The molecule has 1 aromatic carbocycles. The molecule has 5 heteroatoms. The van der Waals surface area contributed by atoms with Gasteiger partial charge >= 0.3 is 0 Å².